The number of primary sulfonamides is 1. The molecular weight excluding hydrogens is 391 g/mol. The summed E-state index contributed by atoms with van der Waals surface area (Å²) in [4.78, 5) is 6.21. The number of hydrogen-bond donors (Lipinski definition) is 2. The molecule has 0 unspecified atom stereocenters. The maximum absolute atomic E-state index is 10.8. The zero-order valence-corrected chi connectivity index (χ0v) is 14.8. The molecule has 8 heteroatoms. The average Bonchev–Trinajstić information content (AvgIpc) is 2.33. The van der Waals surface area contributed by atoms with Crippen LogP contribution in [0.1, 0.15) is 5.56 Å². The second-order valence-electron chi connectivity index (χ2n) is 4.31. The van der Waals surface area contributed by atoms with Crippen LogP contribution in [0.2, 0.25) is 0 Å². The van der Waals surface area contributed by atoms with Crippen molar-refractivity contribution in [3.8, 4) is 0 Å². The molecule has 0 atom stereocenters. The van der Waals surface area contributed by atoms with Gasteiger partial charge < -0.3 is 10.2 Å². The van der Waals surface area contributed by atoms with Crippen LogP contribution in [0.25, 0.3) is 0 Å². The van der Waals surface area contributed by atoms with Crippen molar-refractivity contribution in [1.29, 1.82) is 0 Å². The van der Waals surface area contributed by atoms with Crippen molar-refractivity contribution in [3.05, 3.63) is 35.9 Å². The Balaban J connectivity index is 0.00000361. The van der Waals surface area contributed by atoms with Crippen molar-refractivity contribution in [3.63, 3.8) is 0 Å². The number of guanidine groups is 1. The van der Waals surface area contributed by atoms with E-state index in [1.54, 1.807) is 4.90 Å². The van der Waals surface area contributed by atoms with Gasteiger partial charge in [0.15, 0.2) is 5.96 Å². The first-order valence-electron chi connectivity index (χ1n) is 5.88. The van der Waals surface area contributed by atoms with Crippen molar-refractivity contribution in [2.75, 3.05) is 26.4 Å². The second kappa shape index (κ2) is 9.14. The van der Waals surface area contributed by atoms with Gasteiger partial charge in [0, 0.05) is 20.6 Å². The summed E-state index contributed by atoms with van der Waals surface area (Å²) in [7, 11) is 0.233. The SMILES string of the molecule is CN(C)C(=NCc1ccccc1)NCCS(N)(=O)=O.I. The standard InChI is InChI=1S/C12H20N4O2S.HI/c1-16(2)12(14-8-9-19(13,17)18)15-10-11-6-4-3-5-7-11;/h3-7H,8-10H2,1-2H3,(H,14,15)(H2,13,17,18);1H. The Morgan fingerprint density at radius 2 is 1.90 bits per heavy atom. The Bertz CT molecular complexity index is 518. The van der Waals surface area contributed by atoms with E-state index in [1.807, 2.05) is 44.4 Å². The largest absolute Gasteiger partial charge is 0.355 e. The van der Waals surface area contributed by atoms with Gasteiger partial charge in [-0.25, -0.2) is 18.5 Å². The normalized spacial score (nSPS) is 11.7. The van der Waals surface area contributed by atoms with E-state index in [1.165, 1.54) is 0 Å². The van der Waals surface area contributed by atoms with Crippen molar-refractivity contribution < 1.29 is 8.42 Å². The number of aliphatic imine (C=N–C) groups is 1. The lowest BCUT2D eigenvalue weighted by molar-refractivity contribution is 0.577. The molecule has 0 aliphatic heterocycles. The molecule has 0 aliphatic rings. The first-order valence-corrected chi connectivity index (χ1v) is 7.60. The third-order valence-corrected chi connectivity index (χ3v) is 3.12. The summed E-state index contributed by atoms with van der Waals surface area (Å²) in [5.41, 5.74) is 1.09. The summed E-state index contributed by atoms with van der Waals surface area (Å²) < 4.78 is 21.7. The van der Waals surface area contributed by atoms with Crippen LogP contribution in [0.5, 0.6) is 0 Å². The van der Waals surface area contributed by atoms with E-state index in [-0.39, 0.29) is 36.3 Å². The van der Waals surface area contributed by atoms with Crippen LogP contribution in [0.15, 0.2) is 35.3 Å². The van der Waals surface area contributed by atoms with Crippen LogP contribution in [0.3, 0.4) is 0 Å². The summed E-state index contributed by atoms with van der Waals surface area (Å²) in [5, 5.41) is 7.90. The number of benzene rings is 1. The highest BCUT2D eigenvalue weighted by atomic mass is 127. The quantitative estimate of drug-likeness (QED) is 0.421. The number of nitrogens with zero attached hydrogens (tertiary/aromatic N) is 2. The van der Waals surface area contributed by atoms with E-state index in [0.29, 0.717) is 12.5 Å². The topological polar surface area (TPSA) is 87.8 Å². The zero-order chi connectivity index (χ0) is 14.3. The Morgan fingerprint density at radius 1 is 1.30 bits per heavy atom. The summed E-state index contributed by atoms with van der Waals surface area (Å²) in [6.07, 6.45) is 0. The first-order chi connectivity index (χ1) is 8.88. The molecule has 20 heavy (non-hydrogen) atoms. The molecule has 6 nitrogen and oxygen atoms in total. The lowest BCUT2D eigenvalue weighted by Gasteiger charge is -2.17. The monoisotopic (exact) mass is 412 g/mol. The van der Waals surface area contributed by atoms with Crippen LogP contribution in [0, 0.1) is 0 Å². The van der Waals surface area contributed by atoms with Crippen LogP contribution >= 0.6 is 24.0 Å². The molecular formula is C12H21IN4O2S. The summed E-state index contributed by atoms with van der Waals surface area (Å²) >= 11 is 0. The van der Waals surface area contributed by atoms with Crippen molar-refractivity contribution in [1.82, 2.24) is 10.2 Å². The molecule has 1 aromatic rings. The van der Waals surface area contributed by atoms with Gasteiger partial charge in [-0.2, -0.15) is 0 Å². The molecule has 0 aliphatic carbocycles. The minimum Gasteiger partial charge on any atom is -0.355 e. The fourth-order valence-electron chi connectivity index (χ4n) is 1.41. The fraction of sp³-hybridized carbons (Fsp3) is 0.417. The molecule has 1 aromatic carbocycles. The molecule has 0 spiro atoms. The molecule has 3 N–H and O–H groups in total. The van der Waals surface area contributed by atoms with Gasteiger partial charge in [-0.05, 0) is 5.56 Å². The molecule has 114 valence electrons. The van der Waals surface area contributed by atoms with Gasteiger partial charge in [0.2, 0.25) is 10.0 Å². The van der Waals surface area contributed by atoms with Gasteiger partial charge in [0.05, 0.1) is 12.3 Å². The molecule has 0 amide bonds. The van der Waals surface area contributed by atoms with E-state index in [0.717, 1.165) is 5.56 Å². The number of nitrogens with one attached hydrogen (secondary N) is 1. The van der Waals surface area contributed by atoms with E-state index < -0.39 is 10.0 Å². The van der Waals surface area contributed by atoms with E-state index in [4.69, 9.17) is 5.14 Å². The molecule has 0 fully saturated rings. The molecule has 1 rings (SSSR count). The number of nitrogens with two attached hydrogens (primary N) is 1. The van der Waals surface area contributed by atoms with Gasteiger partial charge >= 0.3 is 0 Å². The fourth-order valence-corrected chi connectivity index (χ4v) is 1.80. The Morgan fingerprint density at radius 3 is 2.40 bits per heavy atom. The molecule has 0 saturated heterocycles. The minimum atomic E-state index is -3.45. The van der Waals surface area contributed by atoms with Gasteiger partial charge in [-0.1, -0.05) is 30.3 Å². The first kappa shape index (κ1) is 19.1. The van der Waals surface area contributed by atoms with E-state index in [2.05, 4.69) is 10.3 Å². The van der Waals surface area contributed by atoms with E-state index in [9.17, 15) is 8.42 Å². The van der Waals surface area contributed by atoms with Crippen LogP contribution < -0.4 is 10.5 Å². The smallest absolute Gasteiger partial charge is 0.210 e. The molecule has 0 aromatic heterocycles. The Labute approximate surface area is 137 Å². The number of hydrogen-bond acceptors (Lipinski definition) is 3. The highest BCUT2D eigenvalue weighted by Gasteiger charge is 2.05. The average molecular weight is 412 g/mol. The molecule has 0 bridgehead atoms. The van der Waals surface area contributed by atoms with Gasteiger partial charge in [0.25, 0.3) is 0 Å². The summed E-state index contributed by atoms with van der Waals surface area (Å²) in [6.45, 7) is 0.779. The predicted molar refractivity (Wildman–Crippen MR) is 92.7 cm³/mol. The van der Waals surface area contributed by atoms with Crippen molar-refractivity contribution in [2.45, 2.75) is 6.54 Å². The zero-order valence-electron chi connectivity index (χ0n) is 11.6. The second-order valence-corrected chi connectivity index (χ2v) is 6.05. The van der Waals surface area contributed by atoms with Crippen LogP contribution in [0.4, 0.5) is 0 Å². The van der Waals surface area contributed by atoms with Gasteiger partial charge in [0.1, 0.15) is 0 Å². The maximum Gasteiger partial charge on any atom is 0.210 e. The lowest BCUT2D eigenvalue weighted by atomic mass is 10.2. The number of sulfonamides is 1. The Hall–Kier alpha value is -0.870. The highest BCUT2D eigenvalue weighted by molar-refractivity contribution is 14.0. The van der Waals surface area contributed by atoms with Gasteiger partial charge in [-0.15, -0.1) is 24.0 Å². The number of halogens is 1. The third kappa shape index (κ3) is 8.33. The van der Waals surface area contributed by atoms with Crippen LogP contribution in [-0.4, -0.2) is 45.7 Å². The number of rotatable bonds is 5. The highest BCUT2D eigenvalue weighted by Crippen LogP contribution is 2.00. The molecule has 0 saturated carbocycles. The predicted octanol–water partition coefficient (Wildman–Crippen LogP) is 0.600. The Kier molecular flexibility index (Phi) is 8.74. The molecule has 0 heterocycles. The minimum absolute atomic E-state index is 0. The third-order valence-electron chi connectivity index (χ3n) is 2.35. The lowest BCUT2D eigenvalue weighted by Crippen LogP contribution is -2.39. The molecule has 0 radical (unpaired) electrons. The summed E-state index contributed by atoms with van der Waals surface area (Å²) in [6, 6.07) is 9.83. The van der Waals surface area contributed by atoms with Crippen LogP contribution in [-0.2, 0) is 16.6 Å². The van der Waals surface area contributed by atoms with Crippen molar-refractivity contribution in [2.24, 2.45) is 10.1 Å². The summed E-state index contributed by atoms with van der Waals surface area (Å²) in [5.74, 6) is 0.512. The van der Waals surface area contributed by atoms with Crippen molar-refractivity contribution >= 4 is 40.0 Å². The van der Waals surface area contributed by atoms with Gasteiger partial charge in [-0.3, -0.25) is 0 Å². The van der Waals surface area contributed by atoms with E-state index >= 15 is 0 Å². The maximum atomic E-state index is 10.8.